The second-order valence-corrected chi connectivity index (χ2v) is 4.88. The van der Waals surface area contributed by atoms with Crippen LogP contribution in [0.4, 0.5) is 15.8 Å². The molecule has 20 heavy (non-hydrogen) atoms. The average Bonchev–Trinajstić information content (AvgIpc) is 2.43. The molecule has 0 spiro atoms. The molecule has 0 aromatic heterocycles. The second-order valence-electron chi connectivity index (χ2n) is 4.04. The van der Waals surface area contributed by atoms with Crippen LogP contribution in [0.1, 0.15) is 0 Å². The van der Waals surface area contributed by atoms with E-state index < -0.39 is 5.82 Å². The number of amides is 1. The van der Waals surface area contributed by atoms with E-state index in [-0.39, 0.29) is 17.5 Å². The molecule has 0 atom stereocenters. The molecular formula is C14H11Cl2FN2O. The number of carbonyl (C=O) groups is 1. The van der Waals surface area contributed by atoms with Gasteiger partial charge in [-0.3, -0.25) is 4.79 Å². The van der Waals surface area contributed by atoms with E-state index in [2.05, 4.69) is 10.6 Å². The highest BCUT2D eigenvalue weighted by Gasteiger charge is 2.04. The molecule has 0 aliphatic heterocycles. The summed E-state index contributed by atoms with van der Waals surface area (Å²) in [5, 5.41) is 6.13. The van der Waals surface area contributed by atoms with Crippen molar-refractivity contribution in [3.05, 3.63) is 58.3 Å². The SMILES string of the molecule is O=C(CNc1ccc(Cl)c(F)c1)Nc1ccc(Cl)cc1. The van der Waals surface area contributed by atoms with Crippen LogP contribution in [0.15, 0.2) is 42.5 Å². The normalized spacial score (nSPS) is 10.2. The Hall–Kier alpha value is -1.78. The molecule has 0 fully saturated rings. The van der Waals surface area contributed by atoms with Crippen LogP contribution < -0.4 is 10.6 Å². The van der Waals surface area contributed by atoms with E-state index >= 15 is 0 Å². The topological polar surface area (TPSA) is 41.1 Å². The van der Waals surface area contributed by atoms with E-state index in [0.717, 1.165) is 0 Å². The van der Waals surface area contributed by atoms with Crippen molar-refractivity contribution in [1.29, 1.82) is 0 Å². The monoisotopic (exact) mass is 312 g/mol. The van der Waals surface area contributed by atoms with E-state index in [1.54, 1.807) is 30.3 Å². The highest BCUT2D eigenvalue weighted by Crippen LogP contribution is 2.18. The molecule has 1 amide bonds. The van der Waals surface area contributed by atoms with E-state index in [1.807, 2.05) is 0 Å². The minimum absolute atomic E-state index is 0.0176. The average molecular weight is 313 g/mol. The van der Waals surface area contributed by atoms with Gasteiger partial charge in [-0.1, -0.05) is 23.2 Å². The van der Waals surface area contributed by atoms with Crippen LogP contribution >= 0.6 is 23.2 Å². The predicted octanol–water partition coefficient (Wildman–Crippen LogP) is 4.18. The van der Waals surface area contributed by atoms with Gasteiger partial charge in [0.15, 0.2) is 0 Å². The van der Waals surface area contributed by atoms with Gasteiger partial charge in [0, 0.05) is 16.4 Å². The van der Waals surface area contributed by atoms with Gasteiger partial charge in [-0.2, -0.15) is 0 Å². The van der Waals surface area contributed by atoms with Gasteiger partial charge in [-0.15, -0.1) is 0 Å². The molecule has 2 aromatic rings. The van der Waals surface area contributed by atoms with Gasteiger partial charge in [-0.05, 0) is 42.5 Å². The molecule has 0 bridgehead atoms. The molecule has 0 unspecified atom stereocenters. The van der Waals surface area contributed by atoms with Crippen LogP contribution in [-0.2, 0) is 4.79 Å². The molecule has 6 heteroatoms. The molecule has 0 saturated heterocycles. The highest BCUT2D eigenvalue weighted by molar-refractivity contribution is 6.31. The molecule has 2 rings (SSSR count). The standard InChI is InChI=1S/C14H11Cl2FN2O/c15-9-1-3-10(4-2-9)19-14(20)8-18-11-5-6-12(16)13(17)7-11/h1-7,18H,8H2,(H,19,20). The third kappa shape index (κ3) is 4.11. The number of nitrogens with one attached hydrogen (secondary N) is 2. The Kier molecular flexibility index (Phi) is 4.82. The van der Waals surface area contributed by atoms with Gasteiger partial charge in [0.2, 0.25) is 5.91 Å². The minimum atomic E-state index is -0.533. The number of anilines is 2. The molecule has 104 valence electrons. The molecule has 3 nitrogen and oxygen atoms in total. The Bertz CT molecular complexity index is 617. The fourth-order valence-corrected chi connectivity index (χ4v) is 1.77. The van der Waals surface area contributed by atoms with Gasteiger partial charge in [-0.25, -0.2) is 4.39 Å². The Morgan fingerprint density at radius 1 is 1.05 bits per heavy atom. The maximum absolute atomic E-state index is 13.2. The van der Waals surface area contributed by atoms with Crippen LogP contribution in [0.5, 0.6) is 0 Å². The smallest absolute Gasteiger partial charge is 0.243 e. The lowest BCUT2D eigenvalue weighted by Gasteiger charge is -2.08. The minimum Gasteiger partial charge on any atom is -0.376 e. The van der Waals surface area contributed by atoms with Crippen molar-refractivity contribution < 1.29 is 9.18 Å². The number of halogens is 3. The fraction of sp³-hybridized carbons (Fsp3) is 0.0714. The number of hydrogen-bond acceptors (Lipinski definition) is 2. The van der Waals surface area contributed by atoms with Crippen molar-refractivity contribution in [3.8, 4) is 0 Å². The summed E-state index contributed by atoms with van der Waals surface area (Å²) >= 11 is 11.3. The van der Waals surface area contributed by atoms with E-state index in [0.29, 0.717) is 16.4 Å². The summed E-state index contributed by atoms with van der Waals surface area (Å²) in [7, 11) is 0. The number of rotatable bonds is 4. The fourth-order valence-electron chi connectivity index (χ4n) is 1.53. The Balaban J connectivity index is 1.88. The highest BCUT2D eigenvalue weighted by atomic mass is 35.5. The zero-order valence-electron chi connectivity index (χ0n) is 10.3. The molecular weight excluding hydrogens is 302 g/mol. The van der Waals surface area contributed by atoms with Gasteiger partial charge < -0.3 is 10.6 Å². The molecule has 0 saturated carbocycles. The number of benzene rings is 2. The van der Waals surface area contributed by atoms with Gasteiger partial charge in [0.05, 0.1) is 11.6 Å². The van der Waals surface area contributed by atoms with Crippen LogP contribution in [-0.4, -0.2) is 12.5 Å². The lowest BCUT2D eigenvalue weighted by atomic mass is 10.3. The van der Waals surface area contributed by atoms with Crippen LogP contribution in [0, 0.1) is 5.82 Å². The molecule has 0 heterocycles. The summed E-state index contributed by atoms with van der Waals surface area (Å²) < 4.78 is 13.2. The van der Waals surface area contributed by atoms with E-state index in [4.69, 9.17) is 23.2 Å². The second kappa shape index (κ2) is 6.59. The van der Waals surface area contributed by atoms with E-state index in [9.17, 15) is 9.18 Å². The molecule has 0 radical (unpaired) electrons. The first-order chi connectivity index (χ1) is 9.54. The van der Waals surface area contributed by atoms with Crippen molar-refractivity contribution in [2.75, 3.05) is 17.2 Å². The van der Waals surface area contributed by atoms with Crippen molar-refractivity contribution in [2.24, 2.45) is 0 Å². The van der Waals surface area contributed by atoms with Crippen LogP contribution in [0.2, 0.25) is 10.0 Å². The van der Waals surface area contributed by atoms with Gasteiger partial charge in [0.1, 0.15) is 5.82 Å². The summed E-state index contributed by atoms with van der Waals surface area (Å²) in [5.74, 6) is -0.780. The Morgan fingerprint density at radius 2 is 1.70 bits per heavy atom. The van der Waals surface area contributed by atoms with Crippen molar-refractivity contribution in [3.63, 3.8) is 0 Å². The Labute approximate surface area is 125 Å². The Morgan fingerprint density at radius 3 is 2.35 bits per heavy atom. The van der Waals surface area contributed by atoms with Crippen LogP contribution in [0.25, 0.3) is 0 Å². The molecule has 2 aromatic carbocycles. The lowest BCUT2D eigenvalue weighted by molar-refractivity contribution is -0.114. The zero-order valence-corrected chi connectivity index (χ0v) is 11.8. The van der Waals surface area contributed by atoms with Gasteiger partial charge >= 0.3 is 0 Å². The number of hydrogen-bond donors (Lipinski definition) is 2. The first-order valence-corrected chi connectivity index (χ1v) is 6.54. The van der Waals surface area contributed by atoms with Crippen molar-refractivity contribution in [1.82, 2.24) is 0 Å². The summed E-state index contributed by atoms with van der Waals surface area (Å²) in [4.78, 5) is 11.7. The number of carbonyl (C=O) groups excluding carboxylic acids is 1. The summed E-state index contributed by atoms with van der Waals surface area (Å²) in [6, 6.07) is 11.0. The third-order valence-electron chi connectivity index (χ3n) is 2.50. The summed E-state index contributed by atoms with van der Waals surface area (Å²) in [5.41, 5.74) is 1.13. The summed E-state index contributed by atoms with van der Waals surface area (Å²) in [6.45, 7) is 0.0176. The maximum Gasteiger partial charge on any atom is 0.243 e. The lowest BCUT2D eigenvalue weighted by Crippen LogP contribution is -2.21. The zero-order chi connectivity index (χ0) is 14.5. The first kappa shape index (κ1) is 14.6. The maximum atomic E-state index is 13.2. The third-order valence-corrected chi connectivity index (χ3v) is 3.06. The first-order valence-electron chi connectivity index (χ1n) is 5.79. The molecule has 0 aliphatic carbocycles. The van der Waals surface area contributed by atoms with Gasteiger partial charge in [0.25, 0.3) is 0 Å². The molecule has 2 N–H and O–H groups in total. The van der Waals surface area contributed by atoms with Crippen LogP contribution in [0.3, 0.4) is 0 Å². The van der Waals surface area contributed by atoms with Crippen molar-refractivity contribution >= 4 is 40.5 Å². The van der Waals surface area contributed by atoms with Crippen molar-refractivity contribution in [2.45, 2.75) is 0 Å². The largest absolute Gasteiger partial charge is 0.376 e. The van der Waals surface area contributed by atoms with E-state index in [1.165, 1.54) is 12.1 Å². The summed E-state index contributed by atoms with van der Waals surface area (Å²) in [6.07, 6.45) is 0. The quantitative estimate of drug-likeness (QED) is 0.889. The molecule has 0 aliphatic rings. The predicted molar refractivity (Wildman–Crippen MR) is 80.0 cm³/mol.